The number of anilines is 1. The molecule has 0 radical (unpaired) electrons. The van der Waals surface area contributed by atoms with E-state index in [0.29, 0.717) is 5.69 Å². The number of aromatic nitrogens is 4. The highest BCUT2D eigenvalue weighted by atomic mass is 15.3. The lowest BCUT2D eigenvalue weighted by atomic mass is 10.2. The summed E-state index contributed by atoms with van der Waals surface area (Å²) < 4.78 is 1.85. The van der Waals surface area contributed by atoms with Gasteiger partial charge in [-0.15, -0.1) is 5.10 Å². The second-order valence-electron chi connectivity index (χ2n) is 4.02. The monoisotopic (exact) mass is 205 g/mol. The van der Waals surface area contributed by atoms with Gasteiger partial charge >= 0.3 is 0 Å². The molecule has 0 fully saturated rings. The highest BCUT2D eigenvalue weighted by Crippen LogP contribution is 2.25. The largest absolute Gasteiger partial charge is 0.397 e. The van der Waals surface area contributed by atoms with Crippen molar-refractivity contribution in [1.82, 2.24) is 20.0 Å². The van der Waals surface area contributed by atoms with E-state index >= 15 is 0 Å². The van der Waals surface area contributed by atoms with Crippen LogP contribution in [0.1, 0.15) is 31.3 Å². The first-order chi connectivity index (χ1) is 7.02. The van der Waals surface area contributed by atoms with Gasteiger partial charge in [-0.05, 0) is 27.7 Å². The first kappa shape index (κ1) is 9.89. The number of nitrogens with two attached hydrogens (primary N) is 1. The minimum absolute atomic E-state index is 0.262. The first-order valence-corrected chi connectivity index (χ1v) is 5.00. The normalized spacial score (nSPS) is 11.5. The molecule has 0 amide bonds. The summed E-state index contributed by atoms with van der Waals surface area (Å²) in [6.07, 6.45) is 0. The van der Waals surface area contributed by atoms with E-state index in [4.69, 9.17) is 5.73 Å². The van der Waals surface area contributed by atoms with Gasteiger partial charge in [0, 0.05) is 6.04 Å². The minimum Gasteiger partial charge on any atom is -0.397 e. The molecule has 15 heavy (non-hydrogen) atoms. The summed E-state index contributed by atoms with van der Waals surface area (Å²) in [6.45, 7) is 7.92. The Bertz CT molecular complexity index is 512. The van der Waals surface area contributed by atoms with Crippen molar-refractivity contribution < 1.29 is 0 Å². The summed E-state index contributed by atoms with van der Waals surface area (Å²) in [5.74, 6) is 0. The predicted octanol–water partition coefficient (Wildman–Crippen LogP) is 1.61. The van der Waals surface area contributed by atoms with Crippen LogP contribution in [-0.2, 0) is 0 Å². The van der Waals surface area contributed by atoms with Crippen molar-refractivity contribution in [3.8, 4) is 0 Å². The van der Waals surface area contributed by atoms with Crippen molar-refractivity contribution in [2.75, 3.05) is 5.73 Å². The third kappa shape index (κ3) is 1.35. The molecule has 5 nitrogen and oxygen atoms in total. The number of nitrogen functional groups attached to an aromatic ring is 1. The SMILES string of the molecule is Cc1nnc2c(c(C)nn2C(C)C)c1N. The third-order valence-corrected chi connectivity index (χ3v) is 2.50. The second-order valence-corrected chi connectivity index (χ2v) is 4.02. The zero-order valence-electron chi connectivity index (χ0n) is 9.44. The Balaban J connectivity index is 2.86. The van der Waals surface area contributed by atoms with Gasteiger partial charge in [-0.3, -0.25) is 0 Å². The maximum atomic E-state index is 5.98. The third-order valence-electron chi connectivity index (χ3n) is 2.50. The van der Waals surface area contributed by atoms with Gasteiger partial charge in [0.2, 0.25) is 0 Å². The van der Waals surface area contributed by atoms with Crippen molar-refractivity contribution >= 4 is 16.7 Å². The molecule has 5 heteroatoms. The quantitative estimate of drug-likeness (QED) is 0.767. The fourth-order valence-electron chi connectivity index (χ4n) is 1.66. The van der Waals surface area contributed by atoms with Crippen LogP contribution in [0.3, 0.4) is 0 Å². The number of aryl methyl sites for hydroxylation is 2. The summed E-state index contributed by atoms with van der Waals surface area (Å²) in [6, 6.07) is 0.262. The summed E-state index contributed by atoms with van der Waals surface area (Å²) >= 11 is 0. The van der Waals surface area contributed by atoms with Crippen LogP contribution in [0.2, 0.25) is 0 Å². The molecule has 0 aliphatic rings. The van der Waals surface area contributed by atoms with Gasteiger partial charge in [0.25, 0.3) is 0 Å². The fraction of sp³-hybridized carbons (Fsp3) is 0.500. The number of nitrogens with zero attached hydrogens (tertiary/aromatic N) is 4. The van der Waals surface area contributed by atoms with Gasteiger partial charge in [-0.2, -0.15) is 10.2 Å². The van der Waals surface area contributed by atoms with Crippen LogP contribution in [0.15, 0.2) is 0 Å². The predicted molar refractivity (Wildman–Crippen MR) is 59.6 cm³/mol. The van der Waals surface area contributed by atoms with E-state index in [1.54, 1.807) is 0 Å². The molecule has 2 aromatic rings. The fourth-order valence-corrected chi connectivity index (χ4v) is 1.66. The highest BCUT2D eigenvalue weighted by molar-refractivity contribution is 5.90. The Morgan fingerprint density at radius 2 is 1.80 bits per heavy atom. The molecular weight excluding hydrogens is 190 g/mol. The van der Waals surface area contributed by atoms with E-state index in [1.165, 1.54) is 0 Å². The maximum Gasteiger partial charge on any atom is 0.183 e. The summed E-state index contributed by atoms with van der Waals surface area (Å²) in [7, 11) is 0. The minimum atomic E-state index is 0.262. The summed E-state index contributed by atoms with van der Waals surface area (Å²) in [5.41, 5.74) is 9.10. The van der Waals surface area contributed by atoms with Crippen LogP contribution in [0, 0.1) is 13.8 Å². The van der Waals surface area contributed by atoms with Gasteiger partial charge in [0.1, 0.15) is 0 Å². The maximum absolute atomic E-state index is 5.98. The Morgan fingerprint density at radius 3 is 2.40 bits per heavy atom. The van der Waals surface area contributed by atoms with Gasteiger partial charge < -0.3 is 5.73 Å². The van der Waals surface area contributed by atoms with Crippen molar-refractivity contribution in [3.05, 3.63) is 11.4 Å². The van der Waals surface area contributed by atoms with Gasteiger partial charge in [0.15, 0.2) is 5.65 Å². The standard InChI is InChI=1S/C10H15N5/c1-5(2)15-10-8(6(3)14-15)9(11)7(4)12-13-10/h5H,1-4H3,(H2,11,13). The van der Waals surface area contributed by atoms with Crippen LogP contribution in [0.5, 0.6) is 0 Å². The van der Waals surface area contributed by atoms with Crippen LogP contribution in [0.25, 0.3) is 11.0 Å². The molecule has 0 spiro atoms. The highest BCUT2D eigenvalue weighted by Gasteiger charge is 2.15. The van der Waals surface area contributed by atoms with E-state index in [9.17, 15) is 0 Å². The van der Waals surface area contributed by atoms with Gasteiger partial charge in [0.05, 0.1) is 22.5 Å². The van der Waals surface area contributed by atoms with E-state index < -0.39 is 0 Å². The molecular formula is C10H15N5. The van der Waals surface area contributed by atoms with Crippen LogP contribution < -0.4 is 5.73 Å². The summed E-state index contributed by atoms with van der Waals surface area (Å²) in [4.78, 5) is 0. The molecule has 0 bridgehead atoms. The van der Waals surface area contributed by atoms with E-state index in [0.717, 1.165) is 22.4 Å². The Morgan fingerprint density at radius 1 is 1.13 bits per heavy atom. The first-order valence-electron chi connectivity index (χ1n) is 5.00. The number of hydrogen-bond acceptors (Lipinski definition) is 4. The molecule has 0 saturated heterocycles. The van der Waals surface area contributed by atoms with E-state index in [1.807, 2.05) is 18.5 Å². The zero-order chi connectivity index (χ0) is 11.2. The molecule has 0 unspecified atom stereocenters. The molecule has 2 rings (SSSR count). The number of fused-ring (bicyclic) bond motifs is 1. The topological polar surface area (TPSA) is 69.6 Å². The molecule has 2 aromatic heterocycles. The van der Waals surface area contributed by atoms with E-state index in [-0.39, 0.29) is 6.04 Å². The molecule has 0 saturated carbocycles. The second kappa shape index (κ2) is 3.18. The lowest BCUT2D eigenvalue weighted by molar-refractivity contribution is 0.540. The average molecular weight is 205 g/mol. The molecule has 0 aliphatic heterocycles. The van der Waals surface area contributed by atoms with E-state index in [2.05, 4.69) is 29.1 Å². The average Bonchev–Trinajstić information content (AvgIpc) is 2.50. The van der Waals surface area contributed by atoms with Gasteiger partial charge in [-0.25, -0.2) is 4.68 Å². The molecule has 0 aliphatic carbocycles. The summed E-state index contributed by atoms with van der Waals surface area (Å²) in [5, 5.41) is 13.5. The smallest absolute Gasteiger partial charge is 0.183 e. The van der Waals surface area contributed by atoms with Crippen LogP contribution in [-0.4, -0.2) is 20.0 Å². The number of rotatable bonds is 1. The Labute approximate surface area is 88.3 Å². The lowest BCUT2D eigenvalue weighted by Crippen LogP contribution is -2.05. The van der Waals surface area contributed by atoms with Gasteiger partial charge in [-0.1, -0.05) is 0 Å². The lowest BCUT2D eigenvalue weighted by Gasteiger charge is -2.06. The van der Waals surface area contributed by atoms with Crippen LogP contribution >= 0.6 is 0 Å². The molecule has 0 atom stereocenters. The number of hydrogen-bond donors (Lipinski definition) is 1. The van der Waals surface area contributed by atoms with Crippen molar-refractivity contribution in [2.45, 2.75) is 33.7 Å². The van der Waals surface area contributed by atoms with Crippen molar-refractivity contribution in [1.29, 1.82) is 0 Å². The molecule has 0 aromatic carbocycles. The molecule has 2 N–H and O–H groups in total. The van der Waals surface area contributed by atoms with Crippen molar-refractivity contribution in [2.24, 2.45) is 0 Å². The van der Waals surface area contributed by atoms with Crippen molar-refractivity contribution in [3.63, 3.8) is 0 Å². The molecule has 2 heterocycles. The molecule has 80 valence electrons. The zero-order valence-corrected chi connectivity index (χ0v) is 9.44. The van der Waals surface area contributed by atoms with Crippen LogP contribution in [0.4, 0.5) is 5.69 Å². The Kier molecular flexibility index (Phi) is 2.10. The Hall–Kier alpha value is -1.65.